The SMILES string of the molecule is C[C@@H]1[C@@H](O)[C@H](OC[C@H]2O[C@@H](O[C@H](CC[C@@H](C)C3CC[C@@]4(C)C5CC=C6C(CC[C@H](O[C@@H]7O[C@H](CO[C@@H]8O[C@H](CO)[C@@H](O)[C@H](O)[C@H]8O)[C@@H](O)[C@H](O)[C@H]7O)C6(C)C)[C@]5(C)[C@H](O)C[C@]34C)C(C)(C)O)[C@H](O)[C@@H](O)[C@@H]2O)O[C@H](CO)[C@H]1O. The molecule has 23 heteroatoms. The topological polar surface area (TPSA) is 377 Å². The lowest BCUT2D eigenvalue weighted by Gasteiger charge is -2.67. The van der Waals surface area contributed by atoms with Crippen LogP contribution in [-0.4, -0.2) is 244 Å². The van der Waals surface area contributed by atoms with Crippen LogP contribution in [0.2, 0.25) is 0 Å². The van der Waals surface area contributed by atoms with E-state index in [-0.39, 0.29) is 34.5 Å². The molecule has 23 nitrogen and oxygen atoms in total. The molecule has 0 bridgehead atoms. The van der Waals surface area contributed by atoms with Gasteiger partial charge < -0.3 is 114 Å². The lowest BCUT2D eigenvalue weighted by molar-refractivity contribution is -0.340. The van der Waals surface area contributed by atoms with Gasteiger partial charge in [-0.25, -0.2) is 0 Å². The number of hydrogen-bond donors (Lipinski definition) is 15. The summed E-state index contributed by atoms with van der Waals surface area (Å²) in [6, 6.07) is 0. The summed E-state index contributed by atoms with van der Waals surface area (Å²) in [5.74, 6) is -0.352. The van der Waals surface area contributed by atoms with Gasteiger partial charge in [0.2, 0.25) is 0 Å². The molecule has 0 amide bonds. The summed E-state index contributed by atoms with van der Waals surface area (Å²) in [5, 5.41) is 162. The molecule has 8 aliphatic rings. The Morgan fingerprint density at radius 1 is 0.603 bits per heavy atom. The van der Waals surface area contributed by atoms with Crippen molar-refractivity contribution in [2.24, 2.45) is 51.2 Å². The molecule has 4 aliphatic carbocycles. The number of rotatable bonds is 17. The smallest absolute Gasteiger partial charge is 0.187 e. The Balaban J connectivity index is 0.909. The predicted octanol–water partition coefficient (Wildman–Crippen LogP) is -1.96. The molecular weight excluding hydrogens is 1030 g/mol. The quantitative estimate of drug-likeness (QED) is 0.0704. The van der Waals surface area contributed by atoms with Crippen LogP contribution < -0.4 is 0 Å². The first kappa shape index (κ1) is 62.9. The summed E-state index contributed by atoms with van der Waals surface area (Å²) in [6.07, 6.45) is -22.6. The Hall–Kier alpha value is -1.18. The van der Waals surface area contributed by atoms with Gasteiger partial charge >= 0.3 is 0 Å². The highest BCUT2D eigenvalue weighted by Crippen LogP contribution is 2.75. The van der Waals surface area contributed by atoms with Crippen LogP contribution in [0.1, 0.15) is 114 Å². The van der Waals surface area contributed by atoms with Gasteiger partial charge in [0.15, 0.2) is 25.2 Å². The number of fused-ring (bicyclic) bond motifs is 5. The first-order chi connectivity index (χ1) is 36.4. The van der Waals surface area contributed by atoms with Crippen LogP contribution in [0.4, 0.5) is 0 Å². The van der Waals surface area contributed by atoms with E-state index in [9.17, 15) is 76.6 Å². The van der Waals surface area contributed by atoms with Crippen molar-refractivity contribution in [1.82, 2.24) is 0 Å². The molecule has 0 radical (unpaired) electrons. The van der Waals surface area contributed by atoms with E-state index >= 15 is 0 Å². The Labute approximate surface area is 457 Å². The molecule has 4 saturated heterocycles. The van der Waals surface area contributed by atoms with Crippen molar-refractivity contribution < 1.29 is 114 Å². The predicted molar refractivity (Wildman–Crippen MR) is 271 cm³/mol. The molecule has 0 aromatic carbocycles. The van der Waals surface area contributed by atoms with Gasteiger partial charge in [0, 0.05) is 16.7 Å². The molecule has 3 unspecified atom stereocenters. The Morgan fingerprint density at radius 2 is 1.10 bits per heavy atom. The van der Waals surface area contributed by atoms with E-state index in [4.69, 9.17) is 37.9 Å². The van der Waals surface area contributed by atoms with E-state index in [0.717, 1.165) is 18.4 Å². The summed E-state index contributed by atoms with van der Waals surface area (Å²) in [4.78, 5) is 0. The summed E-state index contributed by atoms with van der Waals surface area (Å²) >= 11 is 0. The molecule has 30 atom stereocenters. The standard InChI is InChI=1S/C55H94O23/c1-23(10-14-35(52(5,6)70)78-50-46(69)43(66)39(62)30(76-50)21-71-47-37(60)24(2)36(59)28(19-56)73-47)25-16-17-53(7)32-13-11-26-27(55(32,9)33(58)18-54(25,53)8)12-15-34(51(26,3)4)77-49-45(68)42(65)40(63)31(75-49)22-72-48-44(67)41(64)38(61)29(20-57)74-48/h11,23-25,27-50,56-70H,10,12-22H2,1-9H3/t23-,24+,25?,27?,28-,29-,30-,31-,32?,33-,34+,35-,36+,37-,38-,39-,40-,41+,42+,43+,44-,45-,46-,47-,48-,49+,50+,53+,54-,55+/m1/s1. The van der Waals surface area contributed by atoms with E-state index in [1.54, 1.807) is 20.8 Å². The summed E-state index contributed by atoms with van der Waals surface area (Å²) < 4.78 is 47.3. The van der Waals surface area contributed by atoms with Crippen LogP contribution >= 0.6 is 0 Å². The molecule has 0 aromatic rings. The molecule has 0 aromatic heterocycles. The molecule has 0 spiro atoms. The normalized spacial score (nSPS) is 51.4. The Morgan fingerprint density at radius 3 is 1.67 bits per heavy atom. The Kier molecular flexibility index (Phi) is 19.1. The molecular formula is C55H94O23. The largest absolute Gasteiger partial charge is 0.394 e. The highest BCUT2D eigenvalue weighted by atomic mass is 16.7. The van der Waals surface area contributed by atoms with Crippen molar-refractivity contribution in [3.63, 3.8) is 0 Å². The van der Waals surface area contributed by atoms with E-state index in [0.29, 0.717) is 38.5 Å². The third kappa shape index (κ3) is 11.1. The van der Waals surface area contributed by atoms with Crippen molar-refractivity contribution in [2.45, 2.75) is 254 Å². The number of allylic oxidation sites excluding steroid dienone is 1. The second kappa shape index (κ2) is 23.7. The highest BCUT2D eigenvalue weighted by Gasteiger charge is 2.70. The molecule has 4 heterocycles. The van der Waals surface area contributed by atoms with Gasteiger partial charge in [0.1, 0.15) is 85.5 Å². The van der Waals surface area contributed by atoms with Crippen molar-refractivity contribution in [2.75, 3.05) is 26.4 Å². The second-order valence-electron chi connectivity index (χ2n) is 26.3. The van der Waals surface area contributed by atoms with E-state index in [2.05, 4.69) is 47.6 Å². The van der Waals surface area contributed by atoms with Crippen molar-refractivity contribution in [3.8, 4) is 0 Å². The Bertz CT molecular complexity index is 2020. The zero-order chi connectivity index (χ0) is 57.5. The van der Waals surface area contributed by atoms with Gasteiger partial charge in [-0.15, -0.1) is 0 Å². The van der Waals surface area contributed by atoms with Gasteiger partial charge in [-0.3, -0.25) is 0 Å². The van der Waals surface area contributed by atoms with Crippen molar-refractivity contribution >= 4 is 0 Å². The van der Waals surface area contributed by atoms with Crippen LogP contribution in [0.3, 0.4) is 0 Å². The molecule has 15 N–H and O–H groups in total. The molecule has 3 saturated carbocycles. The maximum absolute atomic E-state index is 12.7. The molecule has 7 fully saturated rings. The number of ether oxygens (including phenoxy) is 8. The fourth-order valence-corrected chi connectivity index (χ4v) is 15.7. The van der Waals surface area contributed by atoms with Crippen molar-refractivity contribution in [1.29, 1.82) is 0 Å². The summed E-state index contributed by atoms with van der Waals surface area (Å²) in [7, 11) is 0. The summed E-state index contributed by atoms with van der Waals surface area (Å²) in [5.41, 5.74) is -1.93. The number of aliphatic hydroxyl groups is 15. The molecule has 452 valence electrons. The number of aliphatic hydroxyl groups excluding tert-OH is 14. The monoisotopic (exact) mass is 1120 g/mol. The minimum absolute atomic E-state index is 0.0142. The minimum Gasteiger partial charge on any atom is -0.394 e. The molecule has 78 heavy (non-hydrogen) atoms. The van der Waals surface area contributed by atoms with Crippen LogP contribution in [0.25, 0.3) is 0 Å². The average Bonchev–Trinajstić information content (AvgIpc) is 3.90. The molecule has 4 aliphatic heterocycles. The van der Waals surface area contributed by atoms with Crippen molar-refractivity contribution in [3.05, 3.63) is 11.6 Å². The third-order valence-electron chi connectivity index (χ3n) is 21.1. The van der Waals surface area contributed by atoms with Crippen LogP contribution in [-0.2, 0) is 37.9 Å². The highest BCUT2D eigenvalue weighted by molar-refractivity contribution is 5.32. The van der Waals surface area contributed by atoms with Gasteiger partial charge in [-0.1, -0.05) is 60.1 Å². The van der Waals surface area contributed by atoms with Gasteiger partial charge in [0.25, 0.3) is 0 Å². The fourth-order valence-electron chi connectivity index (χ4n) is 15.7. The van der Waals surface area contributed by atoms with E-state index < -0.39 is 184 Å². The van der Waals surface area contributed by atoms with E-state index in [1.807, 2.05) is 0 Å². The lowest BCUT2D eigenvalue weighted by atomic mass is 9.38. The first-order valence-electron chi connectivity index (χ1n) is 28.4. The zero-order valence-corrected chi connectivity index (χ0v) is 46.6. The van der Waals surface area contributed by atoms with Gasteiger partial charge in [0.05, 0.1) is 56.4 Å². The minimum atomic E-state index is -1.73. The third-order valence-corrected chi connectivity index (χ3v) is 21.1. The number of hydrogen-bond acceptors (Lipinski definition) is 23. The van der Waals surface area contributed by atoms with Crippen LogP contribution in [0, 0.1) is 51.2 Å². The fraction of sp³-hybridized carbons (Fsp3) is 0.964. The summed E-state index contributed by atoms with van der Waals surface area (Å²) in [6.45, 7) is 15.9. The van der Waals surface area contributed by atoms with Gasteiger partial charge in [-0.2, -0.15) is 0 Å². The zero-order valence-electron chi connectivity index (χ0n) is 46.6. The first-order valence-corrected chi connectivity index (χ1v) is 28.4. The maximum Gasteiger partial charge on any atom is 0.187 e. The lowest BCUT2D eigenvalue weighted by Crippen LogP contribution is -2.65. The van der Waals surface area contributed by atoms with E-state index in [1.165, 1.54) is 0 Å². The average molecular weight is 1120 g/mol. The maximum atomic E-state index is 12.7. The molecule has 8 rings (SSSR count). The van der Waals surface area contributed by atoms with Crippen LogP contribution in [0.5, 0.6) is 0 Å². The second-order valence-corrected chi connectivity index (χ2v) is 26.3. The van der Waals surface area contributed by atoms with Gasteiger partial charge in [-0.05, 0) is 99.7 Å². The van der Waals surface area contributed by atoms with Crippen LogP contribution in [0.15, 0.2) is 11.6 Å².